The van der Waals surface area contributed by atoms with Crippen LogP contribution in [0.5, 0.6) is 0 Å². The van der Waals surface area contributed by atoms with Gasteiger partial charge >= 0.3 is 0 Å². The Morgan fingerprint density at radius 1 is 1.21 bits per heavy atom. The highest BCUT2D eigenvalue weighted by molar-refractivity contribution is 7.99. The lowest BCUT2D eigenvalue weighted by Gasteiger charge is -2.37. The predicted molar refractivity (Wildman–Crippen MR) is 92.7 cm³/mol. The van der Waals surface area contributed by atoms with E-state index in [-0.39, 0.29) is 23.8 Å². The maximum atomic E-state index is 12.7. The summed E-state index contributed by atoms with van der Waals surface area (Å²) in [5.74, 6) is -0.940. The molecule has 0 aromatic rings. The minimum Gasteiger partial charge on any atom is -0.340 e. The van der Waals surface area contributed by atoms with E-state index in [0.717, 1.165) is 12.7 Å². The van der Waals surface area contributed by atoms with E-state index < -0.39 is 56.2 Å². The summed E-state index contributed by atoms with van der Waals surface area (Å²) in [5, 5.41) is 2.93. The second-order valence-electron chi connectivity index (χ2n) is 5.91. The molecule has 0 aromatic heterocycles. The molecule has 0 radical (unpaired) electrons. The molecule has 0 aromatic carbocycles. The minimum absolute atomic E-state index is 0.0490. The van der Waals surface area contributed by atoms with Crippen LogP contribution in [0.15, 0.2) is 0 Å². The van der Waals surface area contributed by atoms with Gasteiger partial charge in [-0.2, -0.15) is 0 Å². The molecule has 3 rings (SSSR count). The average molecular weight is 363 g/mol. The Hall–Kier alpha value is -1.12. The van der Waals surface area contributed by atoms with Crippen molar-refractivity contribution >= 4 is 29.4 Å². The van der Waals surface area contributed by atoms with Gasteiger partial charge in [0.2, 0.25) is 11.8 Å². The summed E-state index contributed by atoms with van der Waals surface area (Å²) in [6.45, 7) is -11.4. The predicted octanol–water partition coefficient (Wildman–Crippen LogP) is -0.627. The Bertz CT molecular complexity index is 780. The highest BCUT2D eigenvalue weighted by Crippen LogP contribution is 2.21. The van der Waals surface area contributed by atoms with Gasteiger partial charge in [-0.25, -0.2) is 0 Å². The van der Waals surface area contributed by atoms with Crippen molar-refractivity contribution in [2.24, 2.45) is 0 Å². The molecule has 7 nitrogen and oxygen atoms in total. The van der Waals surface area contributed by atoms with Crippen molar-refractivity contribution < 1.29 is 25.3 Å². The van der Waals surface area contributed by atoms with Gasteiger partial charge in [0, 0.05) is 56.4 Å². The smallest absolute Gasteiger partial charge is 0.240 e. The standard InChI is InChI=1S/C16H26N4O3S/c1-12(21)8-15(22)19-4-2-18(3-5-19)13-9-14(17-10-13)16(23)20-6-7-24-11-20/h13-14,17H,2-11H2,1H3/t13-,14-/m0/s1/i2D2,3D2,4D2,5D2. The molecule has 24 heavy (non-hydrogen) atoms. The zero-order valence-electron chi connectivity index (χ0n) is 21.4. The van der Waals surface area contributed by atoms with Gasteiger partial charge in [0.25, 0.3) is 0 Å². The number of carbonyl (C=O) groups excluding carboxylic acids is 3. The van der Waals surface area contributed by atoms with Crippen LogP contribution in [0.2, 0.25) is 0 Å². The molecule has 3 aliphatic heterocycles. The van der Waals surface area contributed by atoms with Crippen molar-refractivity contribution in [3.63, 3.8) is 0 Å². The van der Waals surface area contributed by atoms with Crippen LogP contribution < -0.4 is 5.32 Å². The summed E-state index contributed by atoms with van der Waals surface area (Å²) in [6.07, 6.45) is -0.937. The molecule has 0 bridgehead atoms. The molecule has 2 amide bonds. The van der Waals surface area contributed by atoms with Crippen LogP contribution in [0.25, 0.3) is 0 Å². The number of carbonyl (C=O) groups is 3. The lowest BCUT2D eigenvalue weighted by atomic mass is 10.1. The van der Waals surface area contributed by atoms with Gasteiger partial charge in [0.1, 0.15) is 5.78 Å². The molecule has 2 atom stereocenters. The van der Waals surface area contributed by atoms with Crippen LogP contribution in [-0.4, -0.2) is 95.1 Å². The van der Waals surface area contributed by atoms with E-state index in [1.165, 1.54) is 0 Å². The van der Waals surface area contributed by atoms with Gasteiger partial charge in [-0.3, -0.25) is 19.3 Å². The van der Waals surface area contributed by atoms with Gasteiger partial charge in [-0.15, -0.1) is 11.8 Å². The lowest BCUT2D eigenvalue weighted by Crippen LogP contribution is -2.52. The zero-order valence-corrected chi connectivity index (χ0v) is 14.2. The van der Waals surface area contributed by atoms with E-state index in [0.29, 0.717) is 17.3 Å². The van der Waals surface area contributed by atoms with Gasteiger partial charge in [0.15, 0.2) is 0 Å². The third-order valence-corrected chi connectivity index (χ3v) is 5.01. The van der Waals surface area contributed by atoms with E-state index in [2.05, 4.69) is 5.32 Å². The number of nitrogens with zero attached hydrogens (tertiary/aromatic N) is 3. The Balaban J connectivity index is 1.94. The van der Waals surface area contributed by atoms with Crippen LogP contribution in [-0.2, 0) is 14.4 Å². The number of piperazine rings is 1. The monoisotopic (exact) mass is 362 g/mol. The van der Waals surface area contributed by atoms with E-state index >= 15 is 0 Å². The quantitative estimate of drug-likeness (QED) is 0.672. The molecule has 0 saturated carbocycles. The SMILES string of the molecule is [2H]C1([2H])N(C(=O)CC(C)=O)C([2H])([2H])C([2H])([2H])N([C@@H]2CN[C@H](C(=O)N3CCSC3)C2)C1([2H])[2H]. The highest BCUT2D eigenvalue weighted by Gasteiger charge is 2.37. The van der Waals surface area contributed by atoms with Crippen LogP contribution in [0.4, 0.5) is 0 Å². The molecular formula is C16H26N4O3S. The maximum Gasteiger partial charge on any atom is 0.240 e. The minimum atomic E-state index is -3.30. The number of Topliss-reactive ketones (excluding diaryl/α,β-unsaturated/α-hetero) is 1. The number of rotatable bonds is 4. The van der Waals surface area contributed by atoms with Crippen LogP contribution in [0.1, 0.15) is 30.7 Å². The summed E-state index contributed by atoms with van der Waals surface area (Å²) in [6, 6.07) is -1.79. The highest BCUT2D eigenvalue weighted by atomic mass is 32.2. The lowest BCUT2D eigenvalue weighted by molar-refractivity contribution is -0.136. The number of ketones is 1. The Kier molecular flexibility index (Phi) is 3.31. The molecule has 134 valence electrons. The van der Waals surface area contributed by atoms with Crippen LogP contribution in [0.3, 0.4) is 0 Å². The Morgan fingerprint density at radius 2 is 1.96 bits per heavy atom. The van der Waals surface area contributed by atoms with Crippen molar-refractivity contribution in [3.05, 3.63) is 0 Å². The zero-order chi connectivity index (χ0) is 24.3. The fourth-order valence-corrected chi connectivity index (χ4v) is 3.73. The van der Waals surface area contributed by atoms with E-state index in [9.17, 15) is 14.4 Å². The third-order valence-electron chi connectivity index (χ3n) is 4.05. The van der Waals surface area contributed by atoms with Gasteiger partial charge in [0.05, 0.1) is 23.8 Å². The third kappa shape index (κ3) is 4.10. The summed E-state index contributed by atoms with van der Waals surface area (Å²) >= 11 is 1.59. The molecule has 3 fully saturated rings. The number of amides is 2. The second kappa shape index (κ2) is 7.84. The number of hydrogen-bond acceptors (Lipinski definition) is 6. The number of nitrogens with one attached hydrogen (secondary N) is 1. The number of hydrogen-bond donors (Lipinski definition) is 1. The molecule has 0 unspecified atom stereocenters. The normalized spacial score (nSPS) is 41.7. The summed E-state index contributed by atoms with van der Waals surface area (Å²) in [4.78, 5) is 38.6. The van der Waals surface area contributed by atoms with Crippen molar-refractivity contribution in [2.75, 3.05) is 50.7 Å². The molecular weight excluding hydrogens is 328 g/mol. The summed E-state index contributed by atoms with van der Waals surface area (Å²) in [5.41, 5.74) is 0. The van der Waals surface area contributed by atoms with Gasteiger partial charge in [-0.05, 0) is 13.3 Å². The fraction of sp³-hybridized carbons (Fsp3) is 0.812. The Labute approximate surface area is 158 Å². The molecule has 3 heterocycles. The van der Waals surface area contributed by atoms with Crippen molar-refractivity contribution in [1.82, 2.24) is 20.0 Å². The van der Waals surface area contributed by atoms with E-state index in [1.807, 2.05) is 0 Å². The van der Waals surface area contributed by atoms with Gasteiger partial charge < -0.3 is 15.1 Å². The summed E-state index contributed by atoms with van der Waals surface area (Å²) < 4.78 is 66.9. The first-order chi connectivity index (χ1) is 14.6. The van der Waals surface area contributed by atoms with E-state index in [1.54, 1.807) is 16.7 Å². The summed E-state index contributed by atoms with van der Waals surface area (Å²) in [7, 11) is 0. The molecule has 0 spiro atoms. The first kappa shape index (κ1) is 10.1. The van der Waals surface area contributed by atoms with Crippen molar-refractivity contribution in [2.45, 2.75) is 31.8 Å². The van der Waals surface area contributed by atoms with E-state index in [4.69, 9.17) is 11.0 Å². The largest absolute Gasteiger partial charge is 0.340 e. The van der Waals surface area contributed by atoms with Crippen LogP contribution in [0, 0.1) is 0 Å². The first-order valence-electron chi connectivity index (χ1n) is 11.8. The molecule has 0 aliphatic carbocycles. The first-order valence-corrected chi connectivity index (χ1v) is 8.94. The average Bonchev–Trinajstić information content (AvgIpc) is 3.30. The maximum absolute atomic E-state index is 12.7. The molecule has 8 heteroatoms. The van der Waals surface area contributed by atoms with Crippen LogP contribution >= 0.6 is 11.8 Å². The fourth-order valence-electron chi connectivity index (χ4n) is 2.77. The van der Waals surface area contributed by atoms with Crippen molar-refractivity contribution in [3.8, 4) is 0 Å². The topological polar surface area (TPSA) is 73.0 Å². The molecule has 1 N–H and O–H groups in total. The Morgan fingerprint density at radius 3 is 2.58 bits per heavy atom. The molecule has 3 saturated heterocycles. The second-order valence-corrected chi connectivity index (χ2v) is 6.99. The number of thioether (sulfide) groups is 1. The van der Waals surface area contributed by atoms with Crippen molar-refractivity contribution in [1.29, 1.82) is 0 Å². The molecule has 3 aliphatic rings. The van der Waals surface area contributed by atoms with Gasteiger partial charge in [-0.1, -0.05) is 0 Å².